The van der Waals surface area contributed by atoms with E-state index in [1.54, 1.807) is 0 Å². The summed E-state index contributed by atoms with van der Waals surface area (Å²) in [7, 11) is 0. The largest absolute Gasteiger partial charge is 0.461 e. The first kappa shape index (κ1) is 18.7. The van der Waals surface area contributed by atoms with Crippen LogP contribution in [0.2, 0.25) is 0 Å². The SMILES string of the molecule is Cc1nc2c(c(C(F)(F)F)n1)CC(C(=O)OC1C3CCOC3C1(C)C)CC2. The summed E-state index contributed by atoms with van der Waals surface area (Å²) in [5.74, 6) is -0.720. The van der Waals surface area contributed by atoms with Crippen molar-refractivity contribution in [2.45, 2.75) is 64.8 Å². The van der Waals surface area contributed by atoms with Crippen molar-refractivity contribution in [1.82, 2.24) is 9.97 Å². The molecule has 0 bridgehead atoms. The summed E-state index contributed by atoms with van der Waals surface area (Å²) in [4.78, 5) is 20.5. The first-order valence-electron chi connectivity index (χ1n) is 9.34. The molecule has 5 nitrogen and oxygen atoms in total. The summed E-state index contributed by atoms with van der Waals surface area (Å²) in [6.07, 6.45) is -3.12. The molecule has 27 heavy (non-hydrogen) atoms. The van der Waals surface area contributed by atoms with Gasteiger partial charge < -0.3 is 9.47 Å². The highest BCUT2D eigenvalue weighted by atomic mass is 19.4. The molecule has 4 rings (SSSR count). The van der Waals surface area contributed by atoms with Gasteiger partial charge in [-0.05, 0) is 32.6 Å². The first-order valence-corrected chi connectivity index (χ1v) is 9.34. The van der Waals surface area contributed by atoms with E-state index in [4.69, 9.17) is 9.47 Å². The van der Waals surface area contributed by atoms with Crippen LogP contribution in [-0.2, 0) is 33.3 Å². The number of carbonyl (C=O) groups is 1. The van der Waals surface area contributed by atoms with E-state index in [0.29, 0.717) is 25.1 Å². The van der Waals surface area contributed by atoms with E-state index in [9.17, 15) is 18.0 Å². The molecular formula is C19H23F3N2O3. The third kappa shape index (κ3) is 3.02. The summed E-state index contributed by atoms with van der Waals surface area (Å²) in [6.45, 7) is 6.13. The summed E-state index contributed by atoms with van der Waals surface area (Å²) < 4.78 is 51.6. The topological polar surface area (TPSA) is 61.3 Å². The van der Waals surface area contributed by atoms with Crippen molar-refractivity contribution >= 4 is 5.97 Å². The third-order valence-electron chi connectivity index (χ3n) is 6.22. The second kappa shape index (κ2) is 6.15. The summed E-state index contributed by atoms with van der Waals surface area (Å²) >= 11 is 0. The monoisotopic (exact) mass is 384 g/mol. The van der Waals surface area contributed by atoms with Crippen molar-refractivity contribution in [3.05, 3.63) is 22.8 Å². The molecule has 4 atom stereocenters. The second-order valence-electron chi connectivity index (χ2n) is 8.40. The number of nitrogens with zero attached hydrogens (tertiary/aromatic N) is 2. The van der Waals surface area contributed by atoms with Gasteiger partial charge in [0.15, 0.2) is 5.69 Å². The van der Waals surface area contributed by atoms with Crippen molar-refractivity contribution in [3.8, 4) is 0 Å². The van der Waals surface area contributed by atoms with E-state index in [2.05, 4.69) is 9.97 Å². The molecule has 8 heteroatoms. The molecule has 2 aliphatic carbocycles. The molecule has 1 aromatic heterocycles. The minimum atomic E-state index is -4.56. The highest BCUT2D eigenvalue weighted by Gasteiger charge is 2.61. The van der Waals surface area contributed by atoms with Crippen molar-refractivity contribution in [2.24, 2.45) is 17.3 Å². The smallest absolute Gasteiger partial charge is 0.433 e. The van der Waals surface area contributed by atoms with Crippen LogP contribution in [0.1, 0.15) is 49.5 Å². The van der Waals surface area contributed by atoms with Crippen molar-refractivity contribution in [2.75, 3.05) is 6.61 Å². The molecule has 1 saturated heterocycles. The fourth-order valence-electron chi connectivity index (χ4n) is 4.91. The van der Waals surface area contributed by atoms with Crippen molar-refractivity contribution < 1.29 is 27.4 Å². The van der Waals surface area contributed by atoms with Crippen LogP contribution in [0.5, 0.6) is 0 Å². The highest BCUT2D eigenvalue weighted by Crippen LogP contribution is 2.54. The van der Waals surface area contributed by atoms with Gasteiger partial charge in [0, 0.05) is 29.2 Å². The average Bonchev–Trinajstić information content (AvgIpc) is 3.04. The molecule has 0 N–H and O–H groups in total. The van der Waals surface area contributed by atoms with Crippen LogP contribution in [0.3, 0.4) is 0 Å². The van der Waals surface area contributed by atoms with Crippen LogP contribution in [0, 0.1) is 24.2 Å². The highest BCUT2D eigenvalue weighted by molar-refractivity contribution is 5.74. The maximum Gasteiger partial charge on any atom is 0.433 e. The molecule has 0 radical (unpaired) electrons. The Kier molecular flexibility index (Phi) is 4.25. The van der Waals surface area contributed by atoms with Crippen LogP contribution in [0.15, 0.2) is 0 Å². The standard InChI is InChI=1S/C19H23F3N2O3/c1-9-23-13-5-4-10(8-12(13)14(24-9)19(20,21)22)17(25)27-16-11-6-7-26-15(11)18(16,2)3/h10-11,15-16H,4-8H2,1-3H3. The lowest BCUT2D eigenvalue weighted by molar-refractivity contribution is -0.213. The van der Waals surface area contributed by atoms with Gasteiger partial charge >= 0.3 is 12.1 Å². The van der Waals surface area contributed by atoms with E-state index in [1.165, 1.54) is 6.92 Å². The molecule has 3 aliphatic rings. The molecule has 148 valence electrons. The Balaban J connectivity index is 1.52. The zero-order valence-electron chi connectivity index (χ0n) is 15.6. The number of rotatable bonds is 2. The Bertz CT molecular complexity index is 778. The maximum atomic E-state index is 13.4. The molecule has 4 unspecified atom stereocenters. The van der Waals surface area contributed by atoms with Crippen LogP contribution in [-0.4, -0.2) is 34.8 Å². The second-order valence-corrected chi connectivity index (χ2v) is 8.40. The predicted molar refractivity (Wildman–Crippen MR) is 88.8 cm³/mol. The fourth-order valence-corrected chi connectivity index (χ4v) is 4.91. The maximum absolute atomic E-state index is 13.4. The van der Waals surface area contributed by atoms with E-state index >= 15 is 0 Å². The van der Waals surface area contributed by atoms with Gasteiger partial charge in [-0.2, -0.15) is 13.2 Å². The third-order valence-corrected chi connectivity index (χ3v) is 6.22. The van der Waals surface area contributed by atoms with E-state index in [0.717, 1.165) is 6.42 Å². The summed E-state index contributed by atoms with van der Waals surface area (Å²) in [5, 5.41) is 0. The van der Waals surface area contributed by atoms with Gasteiger partial charge in [-0.3, -0.25) is 4.79 Å². The van der Waals surface area contributed by atoms with E-state index in [-0.39, 0.29) is 41.3 Å². The van der Waals surface area contributed by atoms with Crippen LogP contribution in [0.25, 0.3) is 0 Å². The molecule has 1 aliphatic heterocycles. The normalized spacial score (nSPS) is 31.6. The Hall–Kier alpha value is -1.70. The number of aromatic nitrogens is 2. The number of hydrogen-bond acceptors (Lipinski definition) is 5. The number of alkyl halides is 3. The molecule has 0 aromatic carbocycles. The summed E-state index contributed by atoms with van der Waals surface area (Å²) in [5.41, 5.74) is -0.750. The Labute approximate surface area is 155 Å². The van der Waals surface area contributed by atoms with Gasteiger partial charge in [0.05, 0.1) is 12.0 Å². The van der Waals surface area contributed by atoms with Gasteiger partial charge in [-0.1, -0.05) is 13.8 Å². The van der Waals surface area contributed by atoms with Gasteiger partial charge in [-0.25, -0.2) is 9.97 Å². The van der Waals surface area contributed by atoms with E-state index < -0.39 is 23.8 Å². The van der Waals surface area contributed by atoms with Crippen molar-refractivity contribution in [3.63, 3.8) is 0 Å². The van der Waals surface area contributed by atoms with Crippen LogP contribution in [0.4, 0.5) is 13.2 Å². The lowest BCUT2D eigenvalue weighted by Crippen LogP contribution is -2.61. The Morgan fingerprint density at radius 2 is 2.00 bits per heavy atom. The molecule has 2 fully saturated rings. The number of hydrogen-bond donors (Lipinski definition) is 0. The zero-order valence-corrected chi connectivity index (χ0v) is 15.6. The van der Waals surface area contributed by atoms with Gasteiger partial charge in [-0.15, -0.1) is 0 Å². The zero-order chi connectivity index (χ0) is 19.6. The van der Waals surface area contributed by atoms with Crippen LogP contribution >= 0.6 is 0 Å². The number of halogens is 3. The first-order chi connectivity index (χ1) is 12.6. The molecule has 0 spiro atoms. The molecule has 0 amide bonds. The number of esters is 1. The molecular weight excluding hydrogens is 361 g/mol. The van der Waals surface area contributed by atoms with Crippen LogP contribution < -0.4 is 0 Å². The number of fused-ring (bicyclic) bond motifs is 2. The van der Waals surface area contributed by atoms with E-state index in [1.807, 2.05) is 13.8 Å². The minimum Gasteiger partial charge on any atom is -0.461 e. The molecule has 1 aromatic rings. The summed E-state index contributed by atoms with van der Waals surface area (Å²) in [6, 6.07) is 0. The Morgan fingerprint density at radius 1 is 1.26 bits per heavy atom. The van der Waals surface area contributed by atoms with Gasteiger partial charge in [0.25, 0.3) is 0 Å². The lowest BCUT2D eigenvalue weighted by Gasteiger charge is -2.53. The lowest BCUT2D eigenvalue weighted by atomic mass is 9.59. The predicted octanol–water partition coefficient (Wildman–Crippen LogP) is 3.27. The number of ether oxygens (including phenoxy) is 2. The number of aryl methyl sites for hydroxylation is 2. The number of carbonyl (C=O) groups excluding carboxylic acids is 1. The Morgan fingerprint density at radius 3 is 2.70 bits per heavy atom. The molecule has 1 saturated carbocycles. The van der Waals surface area contributed by atoms with Gasteiger partial charge in [0.1, 0.15) is 11.9 Å². The minimum absolute atomic E-state index is 0.0268. The van der Waals surface area contributed by atoms with Gasteiger partial charge in [0.2, 0.25) is 0 Å². The molecule has 2 heterocycles. The average molecular weight is 384 g/mol. The fraction of sp³-hybridized carbons (Fsp3) is 0.737. The van der Waals surface area contributed by atoms with Crippen molar-refractivity contribution in [1.29, 1.82) is 0 Å². The quantitative estimate of drug-likeness (QED) is 0.733.